The van der Waals surface area contributed by atoms with Crippen molar-refractivity contribution in [2.24, 2.45) is 0 Å². The molecule has 0 spiro atoms. The van der Waals surface area contributed by atoms with Crippen LogP contribution in [0.15, 0.2) is 45.6 Å². The number of nitrogens with zero attached hydrogens (tertiary/aromatic N) is 3. The topological polar surface area (TPSA) is 43.3 Å². The van der Waals surface area contributed by atoms with Crippen molar-refractivity contribution in [2.75, 3.05) is 0 Å². The van der Waals surface area contributed by atoms with E-state index >= 15 is 0 Å². The summed E-state index contributed by atoms with van der Waals surface area (Å²) in [4.78, 5) is 4.41. The smallest absolute Gasteiger partial charge is 0.159 e. The van der Waals surface area contributed by atoms with Gasteiger partial charge in [0.2, 0.25) is 0 Å². The van der Waals surface area contributed by atoms with E-state index < -0.39 is 0 Å². The van der Waals surface area contributed by atoms with Gasteiger partial charge in [0.05, 0.1) is 12.7 Å². The Hall–Kier alpha value is -1.62. The zero-order valence-corrected chi connectivity index (χ0v) is 9.89. The van der Waals surface area contributed by atoms with Crippen molar-refractivity contribution in [1.29, 1.82) is 0 Å². The highest BCUT2D eigenvalue weighted by Crippen LogP contribution is 2.13. The third-order valence-electron chi connectivity index (χ3n) is 2.27. The third-order valence-corrected chi connectivity index (χ3v) is 2.87. The van der Waals surface area contributed by atoms with Crippen LogP contribution in [-0.4, -0.2) is 14.6 Å². The van der Waals surface area contributed by atoms with E-state index in [0.29, 0.717) is 6.42 Å². The molecule has 0 N–H and O–H groups in total. The minimum atomic E-state index is 0.612. The molecule has 80 valence electrons. The Morgan fingerprint density at radius 3 is 2.94 bits per heavy atom. The quantitative estimate of drug-likeness (QED) is 0.677. The summed E-state index contributed by atoms with van der Waals surface area (Å²) in [6.45, 7) is 0. The van der Waals surface area contributed by atoms with Crippen LogP contribution in [-0.2, 0) is 6.42 Å². The van der Waals surface area contributed by atoms with Gasteiger partial charge in [-0.3, -0.25) is 0 Å². The van der Waals surface area contributed by atoms with Crippen LogP contribution in [0.3, 0.4) is 0 Å². The van der Waals surface area contributed by atoms with E-state index in [9.17, 15) is 0 Å². The highest BCUT2D eigenvalue weighted by molar-refractivity contribution is 9.10. The summed E-state index contributed by atoms with van der Waals surface area (Å²) in [6.07, 6.45) is 2.27. The molecule has 0 fully saturated rings. The first-order valence-corrected chi connectivity index (χ1v) is 5.65. The fraction of sp³-hybridized carbons (Fsp3) is 0.0909. The summed E-state index contributed by atoms with van der Waals surface area (Å²) in [6, 6.07) is 9.56. The number of rotatable bonds is 2. The largest absolute Gasteiger partial charge is 0.469 e. The Kier molecular flexibility index (Phi) is 2.25. The maximum absolute atomic E-state index is 5.26. The number of furan rings is 1. The van der Waals surface area contributed by atoms with Gasteiger partial charge in [0, 0.05) is 0 Å². The number of aromatic nitrogens is 3. The molecule has 16 heavy (non-hydrogen) atoms. The fourth-order valence-corrected chi connectivity index (χ4v) is 1.98. The molecule has 0 saturated carbocycles. The predicted molar refractivity (Wildman–Crippen MR) is 62.2 cm³/mol. The molecule has 0 unspecified atom stereocenters. The summed E-state index contributed by atoms with van der Waals surface area (Å²) in [7, 11) is 0. The van der Waals surface area contributed by atoms with Crippen LogP contribution in [0.1, 0.15) is 11.6 Å². The molecular weight excluding hydrogens is 270 g/mol. The minimum Gasteiger partial charge on any atom is -0.469 e. The SMILES string of the molecule is Brc1cccc2nc(Cc3ccco3)nn12. The number of hydrogen-bond acceptors (Lipinski definition) is 3. The predicted octanol–water partition coefficient (Wildman–Crippen LogP) is 2.68. The third kappa shape index (κ3) is 1.63. The molecule has 0 amide bonds. The van der Waals surface area contributed by atoms with Crippen LogP contribution in [0, 0.1) is 0 Å². The molecule has 0 saturated heterocycles. The van der Waals surface area contributed by atoms with Crippen LogP contribution in [0.2, 0.25) is 0 Å². The lowest BCUT2D eigenvalue weighted by Crippen LogP contribution is -1.91. The summed E-state index contributed by atoms with van der Waals surface area (Å²) in [5, 5.41) is 4.39. The van der Waals surface area contributed by atoms with E-state index in [1.165, 1.54) is 0 Å². The summed E-state index contributed by atoms with van der Waals surface area (Å²) in [5.41, 5.74) is 0.830. The van der Waals surface area contributed by atoms with Gasteiger partial charge in [-0.25, -0.2) is 9.50 Å². The maximum Gasteiger partial charge on any atom is 0.159 e. The summed E-state index contributed by atoms with van der Waals surface area (Å²) >= 11 is 3.43. The Labute approximate surface area is 100 Å². The number of halogens is 1. The molecule has 0 aromatic carbocycles. The van der Waals surface area contributed by atoms with Crippen LogP contribution in [0.4, 0.5) is 0 Å². The highest BCUT2D eigenvalue weighted by atomic mass is 79.9. The van der Waals surface area contributed by atoms with E-state index in [1.54, 1.807) is 10.8 Å². The molecule has 4 nitrogen and oxygen atoms in total. The second-order valence-corrected chi connectivity index (χ2v) is 4.22. The molecule has 0 aliphatic carbocycles. The Morgan fingerprint density at radius 1 is 1.25 bits per heavy atom. The van der Waals surface area contributed by atoms with Crippen LogP contribution in [0.5, 0.6) is 0 Å². The van der Waals surface area contributed by atoms with Gasteiger partial charge >= 0.3 is 0 Å². The molecule has 0 bridgehead atoms. The van der Waals surface area contributed by atoms with Crippen molar-refractivity contribution in [1.82, 2.24) is 14.6 Å². The second kappa shape index (κ2) is 3.75. The van der Waals surface area contributed by atoms with Gasteiger partial charge in [-0.05, 0) is 40.2 Å². The Bertz CT molecular complexity index is 615. The molecule has 3 rings (SSSR count). The van der Waals surface area contributed by atoms with Crippen LogP contribution >= 0.6 is 15.9 Å². The molecule has 0 aliphatic heterocycles. The van der Waals surface area contributed by atoms with Gasteiger partial charge in [0.15, 0.2) is 11.5 Å². The minimum absolute atomic E-state index is 0.612. The van der Waals surface area contributed by atoms with Crippen molar-refractivity contribution in [3.8, 4) is 0 Å². The zero-order valence-electron chi connectivity index (χ0n) is 8.30. The van der Waals surface area contributed by atoms with Crippen LogP contribution < -0.4 is 0 Å². The molecule has 0 radical (unpaired) electrons. The van der Waals surface area contributed by atoms with Gasteiger partial charge < -0.3 is 4.42 Å². The van der Waals surface area contributed by atoms with Crippen molar-refractivity contribution in [3.05, 3.63) is 52.8 Å². The maximum atomic E-state index is 5.26. The van der Waals surface area contributed by atoms with E-state index in [1.807, 2.05) is 30.3 Å². The zero-order chi connectivity index (χ0) is 11.0. The van der Waals surface area contributed by atoms with E-state index in [4.69, 9.17) is 4.42 Å². The van der Waals surface area contributed by atoms with Gasteiger partial charge in [-0.1, -0.05) is 6.07 Å². The van der Waals surface area contributed by atoms with Gasteiger partial charge in [0.1, 0.15) is 10.4 Å². The average molecular weight is 278 g/mol. The monoisotopic (exact) mass is 277 g/mol. The molecule has 5 heteroatoms. The average Bonchev–Trinajstić information content (AvgIpc) is 2.88. The number of hydrogen-bond donors (Lipinski definition) is 0. The summed E-state index contributed by atoms with van der Waals surface area (Å²) in [5.74, 6) is 1.62. The van der Waals surface area contributed by atoms with E-state index in [0.717, 1.165) is 21.8 Å². The first kappa shape index (κ1) is 9.59. The van der Waals surface area contributed by atoms with Crippen molar-refractivity contribution >= 4 is 21.6 Å². The van der Waals surface area contributed by atoms with Gasteiger partial charge in [-0.15, -0.1) is 5.10 Å². The highest BCUT2D eigenvalue weighted by Gasteiger charge is 2.07. The van der Waals surface area contributed by atoms with Gasteiger partial charge in [0.25, 0.3) is 0 Å². The van der Waals surface area contributed by atoms with Gasteiger partial charge in [-0.2, -0.15) is 0 Å². The Balaban J connectivity index is 2.02. The summed E-state index contributed by atoms with van der Waals surface area (Å²) < 4.78 is 7.92. The molecule has 3 aromatic heterocycles. The molecule has 3 aromatic rings. The lowest BCUT2D eigenvalue weighted by molar-refractivity contribution is 0.517. The first-order chi connectivity index (χ1) is 7.83. The Morgan fingerprint density at radius 2 is 2.19 bits per heavy atom. The van der Waals surface area contributed by atoms with E-state index in [2.05, 4.69) is 26.0 Å². The first-order valence-electron chi connectivity index (χ1n) is 4.85. The fourth-order valence-electron chi connectivity index (χ4n) is 1.56. The normalized spacial score (nSPS) is 11.1. The second-order valence-electron chi connectivity index (χ2n) is 3.40. The lowest BCUT2D eigenvalue weighted by atomic mass is 10.3. The van der Waals surface area contributed by atoms with Crippen LogP contribution in [0.25, 0.3) is 5.65 Å². The number of fused-ring (bicyclic) bond motifs is 1. The van der Waals surface area contributed by atoms with Crippen molar-refractivity contribution in [3.63, 3.8) is 0 Å². The molecule has 0 aliphatic rings. The standard InChI is InChI=1S/C11H8BrN3O/c12-9-4-1-5-11-13-10(14-15(9)11)7-8-3-2-6-16-8/h1-6H,7H2. The number of pyridine rings is 1. The lowest BCUT2D eigenvalue weighted by Gasteiger charge is -1.92. The van der Waals surface area contributed by atoms with Crippen molar-refractivity contribution in [2.45, 2.75) is 6.42 Å². The van der Waals surface area contributed by atoms with Crippen molar-refractivity contribution < 1.29 is 4.42 Å². The molecule has 0 atom stereocenters. The molecular formula is C11H8BrN3O. The molecule has 3 heterocycles. The van der Waals surface area contributed by atoms with E-state index in [-0.39, 0.29) is 0 Å².